The Labute approximate surface area is 107 Å². The molecule has 1 aromatic rings. The molecule has 0 spiro atoms. The first-order chi connectivity index (χ1) is 8.61. The molecule has 0 bridgehead atoms. The molecule has 1 saturated heterocycles. The Kier molecular flexibility index (Phi) is 3.96. The second-order valence-electron chi connectivity index (χ2n) is 5.08. The monoisotopic (exact) mass is 251 g/mol. The Morgan fingerprint density at radius 3 is 2.94 bits per heavy atom. The van der Waals surface area contributed by atoms with Gasteiger partial charge >= 0.3 is 0 Å². The summed E-state index contributed by atoms with van der Waals surface area (Å²) >= 11 is 0. The van der Waals surface area contributed by atoms with Crippen molar-refractivity contribution in [1.29, 1.82) is 0 Å². The van der Waals surface area contributed by atoms with Gasteiger partial charge in [-0.2, -0.15) is 0 Å². The van der Waals surface area contributed by atoms with Crippen LogP contribution in [0.5, 0.6) is 0 Å². The first kappa shape index (κ1) is 13.0. The molecule has 100 valence electrons. The molecule has 0 radical (unpaired) electrons. The number of piperidine rings is 1. The lowest BCUT2D eigenvalue weighted by Crippen LogP contribution is -2.47. The van der Waals surface area contributed by atoms with Crippen molar-refractivity contribution >= 4 is 5.91 Å². The van der Waals surface area contributed by atoms with Gasteiger partial charge in [0.25, 0.3) is 5.91 Å². The number of amides is 1. The van der Waals surface area contributed by atoms with Crippen LogP contribution in [-0.4, -0.2) is 52.2 Å². The summed E-state index contributed by atoms with van der Waals surface area (Å²) in [4.78, 5) is 18.3. The molecule has 1 amide bonds. The predicted molar refractivity (Wildman–Crippen MR) is 68.5 cm³/mol. The van der Waals surface area contributed by atoms with Crippen LogP contribution in [0.15, 0.2) is 0 Å². The third-order valence-electron chi connectivity index (χ3n) is 3.36. The van der Waals surface area contributed by atoms with Gasteiger partial charge in [-0.1, -0.05) is 13.8 Å². The summed E-state index contributed by atoms with van der Waals surface area (Å²) in [5.74, 6) is 1.24. The van der Waals surface area contributed by atoms with Gasteiger partial charge in [0.05, 0.1) is 0 Å². The lowest BCUT2D eigenvalue weighted by atomic mass is 10.1. The first-order valence-corrected chi connectivity index (χ1v) is 6.50. The Morgan fingerprint density at radius 2 is 2.33 bits per heavy atom. The zero-order chi connectivity index (χ0) is 13.1. The number of aromatic nitrogens is 3. The molecule has 1 unspecified atom stereocenters. The van der Waals surface area contributed by atoms with Crippen molar-refractivity contribution < 1.29 is 4.79 Å². The minimum Gasteiger partial charge on any atom is -0.334 e. The van der Waals surface area contributed by atoms with Gasteiger partial charge < -0.3 is 10.2 Å². The van der Waals surface area contributed by atoms with E-state index in [9.17, 15) is 4.79 Å². The van der Waals surface area contributed by atoms with Crippen LogP contribution in [-0.2, 0) is 0 Å². The maximum Gasteiger partial charge on any atom is 0.293 e. The highest BCUT2D eigenvalue weighted by molar-refractivity contribution is 5.90. The van der Waals surface area contributed by atoms with E-state index in [1.54, 1.807) is 0 Å². The van der Waals surface area contributed by atoms with Crippen molar-refractivity contribution in [2.45, 2.75) is 38.6 Å². The van der Waals surface area contributed by atoms with Crippen LogP contribution in [0.25, 0.3) is 0 Å². The fourth-order valence-electron chi connectivity index (χ4n) is 2.17. The van der Waals surface area contributed by atoms with Crippen molar-refractivity contribution in [2.75, 3.05) is 20.1 Å². The molecule has 1 aliphatic rings. The maximum atomic E-state index is 12.3. The number of aromatic amines is 1. The minimum atomic E-state index is -0.0712. The van der Waals surface area contributed by atoms with Crippen LogP contribution in [0.2, 0.25) is 0 Å². The molecule has 2 rings (SSSR count). The second-order valence-corrected chi connectivity index (χ2v) is 5.08. The highest BCUT2D eigenvalue weighted by atomic mass is 16.2. The summed E-state index contributed by atoms with van der Waals surface area (Å²) < 4.78 is 0. The normalized spacial score (nSPS) is 20.4. The number of rotatable bonds is 3. The van der Waals surface area contributed by atoms with Crippen molar-refractivity contribution in [3.63, 3.8) is 0 Å². The van der Waals surface area contributed by atoms with Gasteiger partial charge in [-0.15, -0.1) is 5.10 Å². The van der Waals surface area contributed by atoms with Gasteiger partial charge in [-0.05, 0) is 19.9 Å². The Bertz CT molecular complexity index is 414. The third-order valence-corrected chi connectivity index (χ3v) is 3.36. The van der Waals surface area contributed by atoms with E-state index in [2.05, 4.69) is 20.5 Å². The van der Waals surface area contributed by atoms with E-state index in [1.807, 2.05) is 25.8 Å². The molecule has 1 aromatic heterocycles. The van der Waals surface area contributed by atoms with Crippen molar-refractivity contribution in [2.24, 2.45) is 0 Å². The molecule has 18 heavy (non-hydrogen) atoms. The Morgan fingerprint density at radius 1 is 1.56 bits per heavy atom. The smallest absolute Gasteiger partial charge is 0.293 e. The molecular formula is C12H21N5O. The lowest BCUT2D eigenvalue weighted by molar-refractivity contribution is 0.0686. The average Bonchev–Trinajstić information content (AvgIpc) is 2.87. The molecule has 0 aromatic carbocycles. The highest BCUT2D eigenvalue weighted by Crippen LogP contribution is 2.13. The van der Waals surface area contributed by atoms with Gasteiger partial charge in [-0.3, -0.25) is 9.89 Å². The van der Waals surface area contributed by atoms with Gasteiger partial charge in [0.1, 0.15) is 5.82 Å². The van der Waals surface area contributed by atoms with Crippen LogP contribution in [0.1, 0.15) is 49.1 Å². The fourth-order valence-corrected chi connectivity index (χ4v) is 2.17. The number of hydrogen-bond acceptors (Lipinski definition) is 4. The summed E-state index contributed by atoms with van der Waals surface area (Å²) in [6, 6.07) is 0.381. The lowest BCUT2D eigenvalue weighted by Gasteiger charge is -2.31. The molecule has 2 N–H and O–H groups in total. The SMILES string of the molecule is CNC1CCCN(C(=O)c2n[nH]c(C(C)C)n2)C1. The molecule has 1 aliphatic heterocycles. The summed E-state index contributed by atoms with van der Waals surface area (Å²) in [5, 5.41) is 10.1. The number of H-pyrrole nitrogens is 1. The molecule has 1 atom stereocenters. The van der Waals surface area contributed by atoms with Crippen molar-refractivity contribution in [3.8, 4) is 0 Å². The van der Waals surface area contributed by atoms with E-state index in [4.69, 9.17) is 0 Å². The molecule has 0 aliphatic carbocycles. The fraction of sp³-hybridized carbons (Fsp3) is 0.750. The molecule has 0 saturated carbocycles. The zero-order valence-corrected chi connectivity index (χ0v) is 11.2. The molecule has 6 heteroatoms. The Balaban J connectivity index is 2.05. The molecule has 2 heterocycles. The highest BCUT2D eigenvalue weighted by Gasteiger charge is 2.26. The van der Waals surface area contributed by atoms with E-state index in [0.717, 1.165) is 31.8 Å². The molecular weight excluding hydrogens is 230 g/mol. The topological polar surface area (TPSA) is 73.9 Å². The largest absolute Gasteiger partial charge is 0.334 e. The third kappa shape index (κ3) is 2.69. The van der Waals surface area contributed by atoms with Crippen LogP contribution in [0.4, 0.5) is 0 Å². The van der Waals surface area contributed by atoms with Gasteiger partial charge in [-0.25, -0.2) is 4.98 Å². The van der Waals surface area contributed by atoms with Gasteiger partial charge in [0.2, 0.25) is 5.82 Å². The van der Waals surface area contributed by atoms with Crippen LogP contribution in [0.3, 0.4) is 0 Å². The summed E-state index contributed by atoms with van der Waals surface area (Å²) in [6.45, 7) is 5.57. The average molecular weight is 251 g/mol. The van der Waals surface area contributed by atoms with Gasteiger partial charge in [0, 0.05) is 25.0 Å². The van der Waals surface area contributed by atoms with Crippen LogP contribution in [0, 0.1) is 0 Å². The standard InChI is InChI=1S/C12H21N5O/c1-8(2)10-14-11(16-15-10)12(18)17-6-4-5-9(7-17)13-3/h8-9,13H,4-7H2,1-3H3,(H,14,15,16). The predicted octanol–water partition coefficient (Wildman–Crippen LogP) is 0.752. The number of carbonyl (C=O) groups is 1. The number of likely N-dealkylation sites (tertiary alicyclic amines) is 1. The van der Waals surface area contributed by atoms with Gasteiger partial charge in [0.15, 0.2) is 0 Å². The Hall–Kier alpha value is -1.43. The quantitative estimate of drug-likeness (QED) is 0.831. The first-order valence-electron chi connectivity index (χ1n) is 6.50. The van der Waals surface area contributed by atoms with E-state index < -0.39 is 0 Å². The molecule has 6 nitrogen and oxygen atoms in total. The number of hydrogen-bond donors (Lipinski definition) is 2. The minimum absolute atomic E-state index is 0.0712. The van der Waals surface area contributed by atoms with Crippen LogP contribution >= 0.6 is 0 Å². The van der Waals surface area contributed by atoms with E-state index >= 15 is 0 Å². The second kappa shape index (κ2) is 5.48. The summed E-state index contributed by atoms with van der Waals surface area (Å²) in [6.07, 6.45) is 2.14. The zero-order valence-electron chi connectivity index (χ0n) is 11.2. The van der Waals surface area contributed by atoms with Crippen molar-refractivity contribution in [1.82, 2.24) is 25.4 Å². The number of carbonyl (C=O) groups excluding carboxylic acids is 1. The number of nitrogens with one attached hydrogen (secondary N) is 2. The van der Waals surface area contributed by atoms with E-state index in [-0.39, 0.29) is 17.6 Å². The van der Waals surface area contributed by atoms with E-state index in [1.165, 1.54) is 0 Å². The molecule has 1 fully saturated rings. The number of nitrogens with zero attached hydrogens (tertiary/aromatic N) is 3. The summed E-state index contributed by atoms with van der Waals surface area (Å²) in [7, 11) is 1.93. The van der Waals surface area contributed by atoms with E-state index in [0.29, 0.717) is 6.04 Å². The number of likely N-dealkylation sites (N-methyl/N-ethyl adjacent to an activating group) is 1. The maximum absolute atomic E-state index is 12.3. The van der Waals surface area contributed by atoms with Crippen LogP contribution < -0.4 is 5.32 Å². The summed E-state index contributed by atoms with van der Waals surface area (Å²) in [5.41, 5.74) is 0. The van der Waals surface area contributed by atoms with Crippen molar-refractivity contribution in [3.05, 3.63) is 11.6 Å².